The lowest BCUT2D eigenvalue weighted by Gasteiger charge is -2.30. The summed E-state index contributed by atoms with van der Waals surface area (Å²) < 4.78 is 0.690. The van der Waals surface area contributed by atoms with E-state index in [0.717, 1.165) is 17.4 Å². The quantitative estimate of drug-likeness (QED) is 0.346. The number of nitrogens with zero attached hydrogens (tertiary/aromatic N) is 1. The van der Waals surface area contributed by atoms with E-state index < -0.39 is 0 Å². The van der Waals surface area contributed by atoms with Crippen molar-refractivity contribution in [3.63, 3.8) is 0 Å². The first-order chi connectivity index (χ1) is 7.94. The fourth-order valence-corrected chi connectivity index (χ4v) is 2.74. The van der Waals surface area contributed by atoms with E-state index in [-0.39, 0.29) is 22.8 Å². The van der Waals surface area contributed by atoms with Crippen molar-refractivity contribution in [3.8, 4) is 0 Å². The number of likely N-dealkylation sites (N-methyl/N-ethyl adjacent to an activating group) is 1. The minimum Gasteiger partial charge on any atom is -1.00 e. The Morgan fingerprint density at radius 2 is 1.83 bits per heavy atom. The molecule has 18 heavy (non-hydrogen) atoms. The van der Waals surface area contributed by atoms with Crippen molar-refractivity contribution in [1.29, 1.82) is 0 Å². The van der Waals surface area contributed by atoms with E-state index in [4.69, 9.17) is 0 Å². The van der Waals surface area contributed by atoms with E-state index in [1.807, 2.05) is 30.3 Å². The normalized spacial score (nSPS) is 12.7. The van der Waals surface area contributed by atoms with Crippen molar-refractivity contribution >= 4 is 37.6 Å². The third-order valence-electron chi connectivity index (χ3n) is 2.53. The van der Waals surface area contributed by atoms with Crippen LogP contribution in [-0.2, 0) is 0 Å². The molecular weight excluding hydrogens is 426 g/mol. The maximum atomic E-state index is 12.1. The van der Waals surface area contributed by atoms with E-state index in [1.165, 1.54) is 0 Å². The fourth-order valence-electron chi connectivity index (χ4n) is 1.75. The molecule has 0 saturated carbocycles. The van der Waals surface area contributed by atoms with Crippen LogP contribution in [0.2, 0.25) is 0 Å². The molecule has 1 atom stereocenters. The van der Waals surface area contributed by atoms with Gasteiger partial charge in [0.2, 0.25) is 5.78 Å². The topological polar surface area (TPSA) is 17.1 Å². The smallest absolute Gasteiger partial charge is 0.216 e. The van der Waals surface area contributed by atoms with E-state index in [2.05, 4.69) is 46.0 Å². The summed E-state index contributed by atoms with van der Waals surface area (Å²) in [5, 5.41) is 0.897. The molecule has 1 unspecified atom stereocenters. The molecule has 0 aliphatic carbocycles. The maximum Gasteiger partial charge on any atom is 0.216 e. The number of carbonyl (C=O) groups excluding carboxylic acids is 1. The molecule has 1 rings (SSSR count). The Labute approximate surface area is 136 Å². The molecule has 0 aliphatic rings. The Morgan fingerprint density at radius 1 is 1.28 bits per heavy atom. The summed E-state index contributed by atoms with van der Waals surface area (Å²) in [6.07, 6.45) is 0. The zero-order valence-corrected chi connectivity index (χ0v) is 15.3. The van der Waals surface area contributed by atoms with Gasteiger partial charge in [-0.1, -0.05) is 62.2 Å². The number of ketones is 1. The predicted molar refractivity (Wildman–Crippen MR) is 79.1 cm³/mol. The van der Waals surface area contributed by atoms with Crippen LogP contribution in [0.15, 0.2) is 30.3 Å². The SMILES string of the molecule is C[N+](C)(CC(=O)c1ccccc1)CC(Br)CBr.[Br-]. The molecule has 0 radical (unpaired) electrons. The minimum atomic E-state index is 0. The largest absolute Gasteiger partial charge is 1.00 e. The highest BCUT2D eigenvalue weighted by Gasteiger charge is 2.23. The predicted octanol–water partition coefficient (Wildman–Crippen LogP) is 0.108. The van der Waals surface area contributed by atoms with Crippen LogP contribution in [0, 0.1) is 0 Å². The van der Waals surface area contributed by atoms with Crippen molar-refractivity contribution in [2.45, 2.75) is 4.83 Å². The molecule has 0 aliphatic heterocycles. The van der Waals surface area contributed by atoms with Gasteiger partial charge in [-0.2, -0.15) is 0 Å². The van der Waals surface area contributed by atoms with E-state index in [0.29, 0.717) is 15.9 Å². The van der Waals surface area contributed by atoms with Crippen LogP contribution in [0.5, 0.6) is 0 Å². The second kappa shape index (κ2) is 8.46. The lowest BCUT2D eigenvalue weighted by Crippen LogP contribution is -3.00. The average molecular weight is 444 g/mol. The second-order valence-corrected chi connectivity index (χ2v) is 6.76. The summed E-state index contributed by atoms with van der Waals surface area (Å²) in [4.78, 5) is 12.5. The molecule has 0 spiro atoms. The molecule has 102 valence electrons. The van der Waals surface area contributed by atoms with Gasteiger partial charge in [0.25, 0.3) is 0 Å². The Morgan fingerprint density at radius 3 is 2.33 bits per heavy atom. The fraction of sp³-hybridized carbons (Fsp3) is 0.462. The Balaban J connectivity index is 0.00000289. The zero-order chi connectivity index (χ0) is 12.9. The highest BCUT2D eigenvalue weighted by molar-refractivity contribution is 9.12. The average Bonchev–Trinajstić information content (AvgIpc) is 2.28. The highest BCUT2D eigenvalue weighted by atomic mass is 79.9. The lowest BCUT2D eigenvalue weighted by atomic mass is 10.1. The highest BCUT2D eigenvalue weighted by Crippen LogP contribution is 2.11. The minimum absolute atomic E-state index is 0. The van der Waals surface area contributed by atoms with Crippen molar-refractivity contribution in [3.05, 3.63) is 35.9 Å². The lowest BCUT2D eigenvalue weighted by molar-refractivity contribution is -0.881. The van der Waals surface area contributed by atoms with Gasteiger partial charge in [-0.25, -0.2) is 0 Å². The van der Waals surface area contributed by atoms with E-state index >= 15 is 0 Å². The summed E-state index contributed by atoms with van der Waals surface area (Å²) in [7, 11) is 4.16. The van der Waals surface area contributed by atoms with Crippen LogP contribution in [0.3, 0.4) is 0 Å². The Kier molecular flexibility index (Phi) is 8.59. The molecule has 0 fully saturated rings. The van der Waals surface area contributed by atoms with Gasteiger partial charge in [0, 0.05) is 10.9 Å². The summed E-state index contributed by atoms with van der Waals surface area (Å²) in [5.74, 6) is 0.199. The molecule has 0 bridgehead atoms. The third kappa shape index (κ3) is 6.45. The monoisotopic (exact) mass is 441 g/mol. The Bertz CT molecular complexity index is 368. The summed E-state index contributed by atoms with van der Waals surface area (Å²) >= 11 is 7.02. The van der Waals surface area contributed by atoms with Gasteiger partial charge in [-0.05, 0) is 0 Å². The van der Waals surface area contributed by atoms with Crippen LogP contribution in [-0.4, -0.2) is 47.6 Å². The first-order valence-corrected chi connectivity index (χ1v) is 7.58. The van der Waals surface area contributed by atoms with Crippen molar-refractivity contribution in [2.75, 3.05) is 32.5 Å². The molecule has 0 amide bonds. The Hall–Kier alpha value is 0.290. The van der Waals surface area contributed by atoms with Crippen molar-refractivity contribution < 1.29 is 26.3 Å². The number of Topliss-reactive ketones (excluding diaryl/α,β-unsaturated/α-hetero) is 1. The first kappa shape index (κ1) is 18.3. The van der Waals surface area contributed by atoms with Crippen LogP contribution >= 0.6 is 31.9 Å². The van der Waals surface area contributed by atoms with E-state index in [9.17, 15) is 4.79 Å². The molecule has 1 aromatic carbocycles. The van der Waals surface area contributed by atoms with Gasteiger partial charge >= 0.3 is 0 Å². The van der Waals surface area contributed by atoms with Crippen molar-refractivity contribution in [2.24, 2.45) is 0 Å². The van der Waals surface area contributed by atoms with Gasteiger partial charge < -0.3 is 21.5 Å². The molecule has 0 saturated heterocycles. The summed E-state index contributed by atoms with van der Waals surface area (Å²) in [6, 6.07) is 9.48. The van der Waals surface area contributed by atoms with Crippen LogP contribution in [0.25, 0.3) is 0 Å². The standard InChI is InChI=1S/C13H18Br2NO.BrH/c1-16(2,9-12(15)8-14)10-13(17)11-6-4-3-5-7-11;/h3-7,12H,8-10H2,1-2H3;1H/q+1;/p-1. The number of carbonyl (C=O) groups is 1. The summed E-state index contributed by atoms with van der Waals surface area (Å²) in [5.41, 5.74) is 0.795. The van der Waals surface area contributed by atoms with Crippen LogP contribution in [0.1, 0.15) is 10.4 Å². The zero-order valence-electron chi connectivity index (χ0n) is 10.6. The molecule has 5 heteroatoms. The number of rotatable bonds is 6. The first-order valence-electron chi connectivity index (χ1n) is 5.55. The van der Waals surface area contributed by atoms with Gasteiger partial charge in [-0.15, -0.1) is 0 Å². The molecule has 2 nitrogen and oxygen atoms in total. The number of hydrogen-bond acceptors (Lipinski definition) is 1. The summed E-state index contributed by atoms with van der Waals surface area (Å²) in [6.45, 7) is 1.45. The molecular formula is C13H18Br3NO. The molecule has 0 aromatic heterocycles. The van der Waals surface area contributed by atoms with Crippen LogP contribution in [0.4, 0.5) is 0 Å². The molecule has 1 aromatic rings. The maximum absolute atomic E-state index is 12.1. The number of alkyl halides is 2. The second-order valence-electron chi connectivity index (χ2n) is 4.82. The van der Waals surface area contributed by atoms with Gasteiger partial charge in [-0.3, -0.25) is 4.79 Å². The molecule has 0 heterocycles. The number of halogens is 3. The van der Waals surface area contributed by atoms with Crippen LogP contribution < -0.4 is 17.0 Å². The number of hydrogen-bond donors (Lipinski definition) is 0. The number of quaternary nitrogens is 1. The molecule has 0 N–H and O–H groups in total. The van der Waals surface area contributed by atoms with Gasteiger partial charge in [0.05, 0.1) is 25.5 Å². The van der Waals surface area contributed by atoms with Gasteiger partial charge in [0.15, 0.2) is 0 Å². The van der Waals surface area contributed by atoms with E-state index in [1.54, 1.807) is 0 Å². The van der Waals surface area contributed by atoms with Crippen molar-refractivity contribution in [1.82, 2.24) is 0 Å². The van der Waals surface area contributed by atoms with Gasteiger partial charge in [0.1, 0.15) is 6.54 Å². The number of benzene rings is 1. The third-order valence-corrected chi connectivity index (χ3v) is 4.79.